The summed E-state index contributed by atoms with van der Waals surface area (Å²) in [5, 5.41) is 0. The van der Waals surface area contributed by atoms with Crippen LogP contribution in [-0.2, 0) is 11.2 Å². The quantitative estimate of drug-likeness (QED) is 0.842. The fraction of sp³-hybridized carbons (Fsp3) is 0.188. The Kier molecular flexibility index (Phi) is 4.66. The molecule has 0 aliphatic heterocycles. The van der Waals surface area contributed by atoms with E-state index in [1.54, 1.807) is 18.2 Å². The van der Waals surface area contributed by atoms with E-state index in [-0.39, 0.29) is 18.0 Å². The number of nitrogens with zero attached hydrogens (tertiary/aromatic N) is 1. The average molecular weight is 283 g/mol. The zero-order valence-electron chi connectivity index (χ0n) is 12.0. The maximum atomic E-state index is 11.8. The second kappa shape index (κ2) is 6.65. The van der Waals surface area contributed by atoms with E-state index in [4.69, 9.17) is 0 Å². The largest absolute Gasteiger partial charge is 0.288 e. The molecule has 5 nitrogen and oxygen atoms in total. The Morgan fingerprint density at radius 1 is 1.05 bits per heavy atom. The first kappa shape index (κ1) is 14.7. The van der Waals surface area contributed by atoms with E-state index >= 15 is 0 Å². The number of hydrazine groups is 1. The van der Waals surface area contributed by atoms with Crippen molar-refractivity contribution in [3.8, 4) is 0 Å². The molecule has 0 bridgehead atoms. The summed E-state index contributed by atoms with van der Waals surface area (Å²) in [6.07, 6.45) is 1.73. The normalized spacial score (nSPS) is 10.0. The van der Waals surface area contributed by atoms with Gasteiger partial charge in [-0.05, 0) is 42.7 Å². The highest BCUT2D eigenvalue weighted by molar-refractivity contribution is 5.93. The van der Waals surface area contributed by atoms with Crippen LogP contribution in [0.1, 0.15) is 27.2 Å². The summed E-state index contributed by atoms with van der Waals surface area (Å²) in [5.41, 5.74) is 8.21. The number of amides is 2. The first-order chi connectivity index (χ1) is 10.1. The number of aromatic nitrogens is 1. The fourth-order valence-electron chi connectivity index (χ4n) is 1.83. The Labute approximate surface area is 123 Å². The molecule has 0 saturated carbocycles. The topological polar surface area (TPSA) is 71.1 Å². The molecule has 2 N–H and O–H groups in total. The molecular formula is C16H17N3O2. The molecule has 2 rings (SSSR count). The van der Waals surface area contributed by atoms with E-state index in [0.29, 0.717) is 0 Å². The molecule has 1 aromatic carbocycles. The monoisotopic (exact) mass is 283 g/mol. The molecule has 0 saturated heterocycles. The van der Waals surface area contributed by atoms with Gasteiger partial charge >= 0.3 is 0 Å². The van der Waals surface area contributed by atoms with Gasteiger partial charge in [0.2, 0.25) is 5.91 Å². The van der Waals surface area contributed by atoms with Gasteiger partial charge in [0.25, 0.3) is 5.91 Å². The van der Waals surface area contributed by atoms with Crippen LogP contribution in [0.4, 0.5) is 0 Å². The summed E-state index contributed by atoms with van der Waals surface area (Å²) in [6.45, 7) is 4.02. The highest BCUT2D eigenvalue weighted by atomic mass is 16.2. The van der Waals surface area contributed by atoms with Crippen molar-refractivity contribution in [3.63, 3.8) is 0 Å². The maximum Gasteiger partial charge on any atom is 0.288 e. The van der Waals surface area contributed by atoms with Crippen molar-refractivity contribution in [2.45, 2.75) is 20.3 Å². The fourth-order valence-corrected chi connectivity index (χ4v) is 1.83. The number of aryl methyl sites for hydroxylation is 2. The van der Waals surface area contributed by atoms with Gasteiger partial charge in [0.05, 0.1) is 6.42 Å². The molecule has 0 aliphatic carbocycles. The zero-order valence-corrected chi connectivity index (χ0v) is 12.0. The Bertz CT molecular complexity index is 654. The minimum Gasteiger partial charge on any atom is -0.273 e. The number of nitrogens with one attached hydrogen (secondary N) is 2. The zero-order chi connectivity index (χ0) is 15.2. The third-order valence-electron chi connectivity index (χ3n) is 3.15. The van der Waals surface area contributed by atoms with E-state index in [1.165, 1.54) is 11.8 Å². The van der Waals surface area contributed by atoms with E-state index in [9.17, 15) is 9.59 Å². The van der Waals surface area contributed by atoms with Gasteiger partial charge in [-0.15, -0.1) is 0 Å². The lowest BCUT2D eigenvalue weighted by Crippen LogP contribution is -2.42. The minimum absolute atomic E-state index is 0.212. The average Bonchev–Trinajstić information content (AvgIpc) is 2.49. The van der Waals surface area contributed by atoms with Gasteiger partial charge in [0, 0.05) is 6.20 Å². The lowest BCUT2D eigenvalue weighted by molar-refractivity contribution is -0.121. The molecule has 108 valence electrons. The number of hydrogen-bond donors (Lipinski definition) is 2. The number of hydrogen-bond acceptors (Lipinski definition) is 3. The van der Waals surface area contributed by atoms with Crippen LogP contribution in [0.25, 0.3) is 0 Å². The number of rotatable bonds is 3. The molecule has 0 aliphatic rings. The lowest BCUT2D eigenvalue weighted by Gasteiger charge is -2.08. The highest BCUT2D eigenvalue weighted by Gasteiger charge is 2.08. The molecule has 2 aromatic rings. The van der Waals surface area contributed by atoms with Crippen LogP contribution in [0.2, 0.25) is 0 Å². The SMILES string of the molecule is Cc1ccc(CC(=O)NNC(=O)c2ccccn2)cc1C. The summed E-state index contributed by atoms with van der Waals surface area (Å²) in [7, 11) is 0. The number of pyridine rings is 1. The van der Waals surface area contributed by atoms with Crippen LogP contribution in [0.5, 0.6) is 0 Å². The second-order valence-electron chi connectivity index (χ2n) is 4.81. The van der Waals surface area contributed by atoms with Crippen molar-refractivity contribution in [2.75, 3.05) is 0 Å². The standard InChI is InChI=1S/C16H17N3O2/c1-11-6-7-13(9-12(11)2)10-15(20)18-19-16(21)14-5-3-4-8-17-14/h3-9H,10H2,1-2H3,(H,18,20)(H,19,21). The van der Waals surface area contributed by atoms with E-state index in [0.717, 1.165) is 11.1 Å². The van der Waals surface area contributed by atoms with Gasteiger partial charge in [-0.3, -0.25) is 25.4 Å². The summed E-state index contributed by atoms with van der Waals surface area (Å²) in [4.78, 5) is 27.4. The molecule has 0 atom stereocenters. The minimum atomic E-state index is -0.441. The number of carbonyl (C=O) groups excluding carboxylic acids is 2. The molecule has 0 fully saturated rings. The van der Waals surface area contributed by atoms with Gasteiger partial charge < -0.3 is 0 Å². The van der Waals surface area contributed by atoms with E-state index in [2.05, 4.69) is 15.8 Å². The van der Waals surface area contributed by atoms with Crippen LogP contribution in [0, 0.1) is 13.8 Å². The molecule has 0 unspecified atom stereocenters. The van der Waals surface area contributed by atoms with Crippen LogP contribution in [0.3, 0.4) is 0 Å². The van der Waals surface area contributed by atoms with Crippen LogP contribution in [0.15, 0.2) is 42.6 Å². The molecule has 0 spiro atoms. The van der Waals surface area contributed by atoms with Crippen LogP contribution >= 0.6 is 0 Å². The Morgan fingerprint density at radius 2 is 1.86 bits per heavy atom. The molecule has 0 radical (unpaired) electrons. The molecule has 1 heterocycles. The molecule has 2 amide bonds. The number of carbonyl (C=O) groups is 2. The maximum absolute atomic E-state index is 11.8. The molecule has 5 heteroatoms. The van der Waals surface area contributed by atoms with Crippen molar-refractivity contribution in [3.05, 3.63) is 65.0 Å². The van der Waals surface area contributed by atoms with E-state index in [1.807, 2.05) is 32.0 Å². The summed E-state index contributed by atoms with van der Waals surface area (Å²) < 4.78 is 0. The first-order valence-electron chi connectivity index (χ1n) is 6.62. The van der Waals surface area contributed by atoms with Gasteiger partial charge in [0.15, 0.2) is 0 Å². The van der Waals surface area contributed by atoms with Crippen molar-refractivity contribution in [1.29, 1.82) is 0 Å². The van der Waals surface area contributed by atoms with Crippen molar-refractivity contribution >= 4 is 11.8 Å². The smallest absolute Gasteiger partial charge is 0.273 e. The van der Waals surface area contributed by atoms with Gasteiger partial charge in [-0.25, -0.2) is 0 Å². The van der Waals surface area contributed by atoms with Gasteiger partial charge in [0.1, 0.15) is 5.69 Å². The van der Waals surface area contributed by atoms with Gasteiger partial charge in [-0.1, -0.05) is 24.3 Å². The second-order valence-corrected chi connectivity index (χ2v) is 4.81. The van der Waals surface area contributed by atoms with Gasteiger partial charge in [-0.2, -0.15) is 0 Å². The summed E-state index contributed by atoms with van der Waals surface area (Å²) >= 11 is 0. The third-order valence-corrected chi connectivity index (χ3v) is 3.15. The molecular weight excluding hydrogens is 266 g/mol. The predicted octanol–water partition coefficient (Wildman–Crippen LogP) is 1.70. The van der Waals surface area contributed by atoms with Crippen LogP contribution < -0.4 is 10.9 Å². The first-order valence-corrected chi connectivity index (χ1v) is 6.62. The molecule has 1 aromatic heterocycles. The predicted molar refractivity (Wildman–Crippen MR) is 79.5 cm³/mol. The summed E-state index contributed by atoms with van der Waals surface area (Å²) in [6, 6.07) is 10.8. The lowest BCUT2D eigenvalue weighted by atomic mass is 10.0. The Morgan fingerprint density at radius 3 is 2.52 bits per heavy atom. The van der Waals surface area contributed by atoms with Crippen LogP contribution in [-0.4, -0.2) is 16.8 Å². The Balaban J connectivity index is 1.87. The van der Waals surface area contributed by atoms with Crippen molar-refractivity contribution in [1.82, 2.24) is 15.8 Å². The Hall–Kier alpha value is -2.69. The van der Waals surface area contributed by atoms with Crippen molar-refractivity contribution in [2.24, 2.45) is 0 Å². The summed E-state index contributed by atoms with van der Waals surface area (Å²) in [5.74, 6) is -0.716. The van der Waals surface area contributed by atoms with Crippen molar-refractivity contribution < 1.29 is 9.59 Å². The highest BCUT2D eigenvalue weighted by Crippen LogP contribution is 2.10. The molecule has 21 heavy (non-hydrogen) atoms. The number of benzene rings is 1. The third kappa shape index (κ3) is 4.14. The van der Waals surface area contributed by atoms with E-state index < -0.39 is 5.91 Å².